The van der Waals surface area contributed by atoms with Gasteiger partial charge in [0, 0.05) is 11.8 Å². The Kier molecular flexibility index (Phi) is 3.23. The number of nitro groups is 1. The van der Waals surface area contributed by atoms with E-state index in [9.17, 15) is 10.1 Å². The number of pyridine rings is 1. The normalized spacial score (nSPS) is 10.1. The zero-order valence-electron chi connectivity index (χ0n) is 10.2. The fraction of sp³-hybridized carbons (Fsp3) is 0.154. The van der Waals surface area contributed by atoms with Crippen LogP contribution in [0.2, 0.25) is 0 Å². The highest BCUT2D eigenvalue weighted by Crippen LogP contribution is 2.22. The highest BCUT2D eigenvalue weighted by Gasteiger charge is 2.06. The molecule has 1 aromatic heterocycles. The molecule has 1 heterocycles. The number of nitrogens with zero attached hydrogens (tertiary/aromatic N) is 2. The van der Waals surface area contributed by atoms with Crippen molar-refractivity contribution in [2.45, 2.75) is 13.8 Å². The zero-order chi connectivity index (χ0) is 13.1. The number of hydrogen-bond acceptors (Lipinski definition) is 4. The smallest absolute Gasteiger partial charge is 0.287 e. The molecule has 0 saturated carbocycles. The molecule has 2 aromatic rings. The number of aryl methyl sites for hydroxylation is 1. The second-order valence-corrected chi connectivity index (χ2v) is 4.03. The predicted octanol–water partition coefficient (Wildman–Crippen LogP) is 3.35. The van der Waals surface area contributed by atoms with E-state index in [1.807, 2.05) is 32.0 Å². The summed E-state index contributed by atoms with van der Waals surface area (Å²) in [5.74, 6) is 0.592. The van der Waals surface area contributed by atoms with E-state index in [4.69, 9.17) is 0 Å². The maximum Gasteiger partial charge on any atom is 0.287 e. The lowest BCUT2D eigenvalue weighted by molar-refractivity contribution is -0.385. The molecule has 0 aliphatic carbocycles. The monoisotopic (exact) mass is 243 g/mol. The van der Waals surface area contributed by atoms with Crippen molar-refractivity contribution in [1.29, 1.82) is 0 Å². The maximum absolute atomic E-state index is 10.5. The summed E-state index contributed by atoms with van der Waals surface area (Å²) < 4.78 is 0. The number of nitrogens with one attached hydrogen (secondary N) is 1. The first-order chi connectivity index (χ1) is 8.58. The number of rotatable bonds is 3. The molecule has 0 unspecified atom stereocenters. The van der Waals surface area contributed by atoms with Crippen LogP contribution in [0.4, 0.5) is 17.2 Å². The van der Waals surface area contributed by atoms with Crippen molar-refractivity contribution in [3.8, 4) is 0 Å². The molecule has 5 heteroatoms. The minimum Gasteiger partial charge on any atom is -0.340 e. The van der Waals surface area contributed by atoms with Gasteiger partial charge in [0.15, 0.2) is 0 Å². The standard InChI is InChI=1S/C13H13N3O2/c1-9-4-3-5-12(10(9)2)15-13-7-6-11(8-14-13)16(17)18/h3-8H,1-2H3,(H,14,15). The molecule has 1 aromatic carbocycles. The molecule has 92 valence electrons. The van der Waals surface area contributed by atoms with E-state index < -0.39 is 4.92 Å². The summed E-state index contributed by atoms with van der Waals surface area (Å²) in [4.78, 5) is 14.1. The van der Waals surface area contributed by atoms with Gasteiger partial charge in [0.1, 0.15) is 12.0 Å². The van der Waals surface area contributed by atoms with Crippen LogP contribution in [0.25, 0.3) is 0 Å². The van der Waals surface area contributed by atoms with Crippen LogP contribution in [-0.2, 0) is 0 Å². The Bertz CT molecular complexity index is 579. The molecule has 18 heavy (non-hydrogen) atoms. The lowest BCUT2D eigenvalue weighted by Gasteiger charge is -2.10. The summed E-state index contributed by atoms with van der Waals surface area (Å²) in [5, 5.41) is 13.7. The summed E-state index contributed by atoms with van der Waals surface area (Å²) in [6.45, 7) is 4.05. The minimum absolute atomic E-state index is 0.0125. The van der Waals surface area contributed by atoms with Gasteiger partial charge in [-0.2, -0.15) is 0 Å². The minimum atomic E-state index is -0.464. The summed E-state index contributed by atoms with van der Waals surface area (Å²) in [6.07, 6.45) is 1.24. The largest absolute Gasteiger partial charge is 0.340 e. The van der Waals surface area contributed by atoms with E-state index in [-0.39, 0.29) is 5.69 Å². The summed E-state index contributed by atoms with van der Waals surface area (Å²) in [5.41, 5.74) is 3.26. The van der Waals surface area contributed by atoms with E-state index in [0.717, 1.165) is 11.3 Å². The van der Waals surface area contributed by atoms with Crippen molar-refractivity contribution < 1.29 is 4.92 Å². The quantitative estimate of drug-likeness (QED) is 0.663. The van der Waals surface area contributed by atoms with Gasteiger partial charge in [-0.1, -0.05) is 12.1 Å². The van der Waals surface area contributed by atoms with Crippen LogP contribution in [0, 0.1) is 24.0 Å². The molecule has 0 aliphatic rings. The average molecular weight is 243 g/mol. The van der Waals surface area contributed by atoms with E-state index >= 15 is 0 Å². The van der Waals surface area contributed by atoms with Crippen LogP contribution in [0.3, 0.4) is 0 Å². The van der Waals surface area contributed by atoms with Crippen molar-refractivity contribution in [3.63, 3.8) is 0 Å². The summed E-state index contributed by atoms with van der Waals surface area (Å²) in [7, 11) is 0. The van der Waals surface area contributed by atoms with Gasteiger partial charge in [0.2, 0.25) is 0 Å². The van der Waals surface area contributed by atoms with Crippen molar-refractivity contribution in [1.82, 2.24) is 4.98 Å². The second kappa shape index (κ2) is 4.83. The third-order valence-electron chi connectivity index (χ3n) is 2.83. The van der Waals surface area contributed by atoms with Gasteiger partial charge in [0.25, 0.3) is 5.69 Å². The van der Waals surface area contributed by atoms with E-state index in [1.165, 1.54) is 17.8 Å². The number of benzene rings is 1. The highest BCUT2D eigenvalue weighted by molar-refractivity contribution is 5.62. The highest BCUT2D eigenvalue weighted by atomic mass is 16.6. The molecule has 5 nitrogen and oxygen atoms in total. The first-order valence-electron chi connectivity index (χ1n) is 5.51. The Labute approximate surface area is 105 Å². The van der Waals surface area contributed by atoms with E-state index in [1.54, 1.807) is 6.07 Å². The van der Waals surface area contributed by atoms with E-state index in [2.05, 4.69) is 10.3 Å². The Morgan fingerprint density at radius 2 is 2.00 bits per heavy atom. The van der Waals surface area contributed by atoms with Crippen molar-refractivity contribution in [3.05, 3.63) is 57.8 Å². The van der Waals surface area contributed by atoms with Gasteiger partial charge < -0.3 is 5.32 Å². The SMILES string of the molecule is Cc1cccc(Nc2ccc([N+](=O)[O-])cn2)c1C. The van der Waals surface area contributed by atoms with Crippen LogP contribution in [0.1, 0.15) is 11.1 Å². The molecule has 2 rings (SSSR count). The topological polar surface area (TPSA) is 68.1 Å². The number of aromatic nitrogens is 1. The molecule has 0 aliphatic heterocycles. The number of anilines is 2. The maximum atomic E-state index is 10.5. The molecule has 1 N–H and O–H groups in total. The lowest BCUT2D eigenvalue weighted by Crippen LogP contribution is -1.97. The van der Waals surface area contributed by atoms with Crippen LogP contribution in [-0.4, -0.2) is 9.91 Å². The molecule has 0 spiro atoms. The molecular weight excluding hydrogens is 230 g/mol. The predicted molar refractivity (Wildman–Crippen MR) is 70.1 cm³/mol. The first-order valence-corrected chi connectivity index (χ1v) is 5.51. The molecule has 0 bridgehead atoms. The third-order valence-corrected chi connectivity index (χ3v) is 2.83. The van der Waals surface area contributed by atoms with Gasteiger partial charge in [-0.15, -0.1) is 0 Å². The van der Waals surface area contributed by atoms with Crippen LogP contribution >= 0.6 is 0 Å². The Hall–Kier alpha value is -2.43. The third kappa shape index (κ3) is 2.45. The van der Waals surface area contributed by atoms with Crippen molar-refractivity contribution in [2.24, 2.45) is 0 Å². The van der Waals surface area contributed by atoms with Crippen molar-refractivity contribution in [2.75, 3.05) is 5.32 Å². The molecule has 0 fully saturated rings. The summed E-state index contributed by atoms with van der Waals surface area (Å²) >= 11 is 0. The van der Waals surface area contributed by atoms with Gasteiger partial charge in [-0.25, -0.2) is 4.98 Å². The average Bonchev–Trinajstić information content (AvgIpc) is 2.36. The molecule has 0 radical (unpaired) electrons. The fourth-order valence-corrected chi connectivity index (χ4v) is 1.59. The zero-order valence-corrected chi connectivity index (χ0v) is 10.2. The molecular formula is C13H13N3O2. The summed E-state index contributed by atoms with van der Waals surface area (Å²) in [6, 6.07) is 8.96. The lowest BCUT2D eigenvalue weighted by atomic mass is 10.1. The fourth-order valence-electron chi connectivity index (χ4n) is 1.59. The molecule has 0 atom stereocenters. The van der Waals surface area contributed by atoms with Crippen molar-refractivity contribution >= 4 is 17.2 Å². The Morgan fingerprint density at radius 1 is 1.22 bits per heavy atom. The molecule has 0 amide bonds. The first kappa shape index (κ1) is 12.0. The van der Waals surface area contributed by atoms with E-state index in [0.29, 0.717) is 5.82 Å². The second-order valence-electron chi connectivity index (χ2n) is 4.03. The van der Waals surface area contributed by atoms with Gasteiger partial charge in [0.05, 0.1) is 4.92 Å². The Morgan fingerprint density at radius 3 is 2.61 bits per heavy atom. The molecule has 0 saturated heterocycles. The van der Waals surface area contributed by atoms with Gasteiger partial charge >= 0.3 is 0 Å². The van der Waals surface area contributed by atoms with Crippen LogP contribution in [0.5, 0.6) is 0 Å². The van der Waals surface area contributed by atoms with Gasteiger partial charge in [-0.3, -0.25) is 10.1 Å². The van der Waals surface area contributed by atoms with Crippen LogP contribution in [0.15, 0.2) is 36.5 Å². The van der Waals surface area contributed by atoms with Crippen LogP contribution < -0.4 is 5.32 Å². The number of hydrogen-bond donors (Lipinski definition) is 1. The van der Waals surface area contributed by atoms with Gasteiger partial charge in [-0.05, 0) is 37.1 Å². The Balaban J connectivity index is 2.24.